The van der Waals surface area contributed by atoms with Gasteiger partial charge in [0.15, 0.2) is 0 Å². The Balaban J connectivity index is 2.27. The Bertz CT molecular complexity index is 737. The molecule has 2 aromatic carbocycles. The predicted octanol–water partition coefficient (Wildman–Crippen LogP) is 5.24. The van der Waals surface area contributed by atoms with E-state index in [2.05, 4.69) is 4.72 Å². The van der Waals surface area contributed by atoms with Gasteiger partial charge in [0.25, 0.3) is 0 Å². The third-order valence-electron chi connectivity index (χ3n) is 2.53. The Kier molecular flexibility index (Phi) is 5.28. The SMILES string of the molecule is O=S(=O)(Cc1c(Cl)cccc1Cl)Nc1cc(Cl)cc(Cl)c1. The Morgan fingerprint density at radius 2 is 1.43 bits per heavy atom. The molecule has 0 saturated carbocycles. The predicted molar refractivity (Wildman–Crippen MR) is 89.2 cm³/mol. The molecule has 0 spiro atoms. The van der Waals surface area contributed by atoms with Gasteiger partial charge < -0.3 is 0 Å². The van der Waals surface area contributed by atoms with Gasteiger partial charge in [0.2, 0.25) is 10.0 Å². The third kappa shape index (κ3) is 4.66. The van der Waals surface area contributed by atoms with Crippen LogP contribution in [-0.2, 0) is 15.8 Å². The fourth-order valence-corrected chi connectivity index (χ4v) is 4.14. The van der Waals surface area contributed by atoms with E-state index < -0.39 is 10.0 Å². The molecule has 0 aliphatic rings. The number of rotatable bonds is 4. The summed E-state index contributed by atoms with van der Waals surface area (Å²) in [5.74, 6) is -0.352. The Morgan fingerprint density at radius 1 is 0.905 bits per heavy atom. The van der Waals surface area contributed by atoms with Gasteiger partial charge in [-0.3, -0.25) is 4.72 Å². The fourth-order valence-electron chi connectivity index (χ4n) is 1.69. The molecule has 0 fully saturated rings. The quantitative estimate of drug-likeness (QED) is 0.783. The van der Waals surface area contributed by atoms with Gasteiger partial charge in [0.1, 0.15) is 0 Å². The van der Waals surface area contributed by atoms with E-state index >= 15 is 0 Å². The van der Waals surface area contributed by atoms with Gasteiger partial charge in [-0.25, -0.2) is 8.42 Å². The summed E-state index contributed by atoms with van der Waals surface area (Å²) in [6.07, 6.45) is 0. The summed E-state index contributed by atoms with van der Waals surface area (Å²) in [6, 6.07) is 9.22. The molecular formula is C13H9Cl4NO2S. The minimum Gasteiger partial charge on any atom is -0.283 e. The van der Waals surface area contributed by atoms with Crippen molar-refractivity contribution in [2.45, 2.75) is 5.75 Å². The lowest BCUT2D eigenvalue weighted by Crippen LogP contribution is -2.15. The molecule has 0 saturated heterocycles. The minimum absolute atomic E-state index is 0.274. The second-order valence-electron chi connectivity index (χ2n) is 4.22. The van der Waals surface area contributed by atoms with Crippen LogP contribution >= 0.6 is 46.4 Å². The molecule has 21 heavy (non-hydrogen) atoms. The number of halogens is 4. The Labute approximate surface area is 142 Å². The molecule has 112 valence electrons. The number of benzene rings is 2. The highest BCUT2D eigenvalue weighted by Crippen LogP contribution is 2.28. The number of hydrogen-bond acceptors (Lipinski definition) is 2. The first-order valence-electron chi connectivity index (χ1n) is 5.66. The van der Waals surface area contributed by atoms with E-state index in [1.807, 2.05) is 0 Å². The lowest BCUT2D eigenvalue weighted by Gasteiger charge is -2.11. The lowest BCUT2D eigenvalue weighted by atomic mass is 10.2. The zero-order chi connectivity index (χ0) is 15.6. The van der Waals surface area contributed by atoms with Crippen molar-refractivity contribution in [2.75, 3.05) is 4.72 Å². The van der Waals surface area contributed by atoms with Crippen molar-refractivity contribution < 1.29 is 8.42 Å². The van der Waals surface area contributed by atoms with Crippen LogP contribution in [0.4, 0.5) is 5.69 Å². The van der Waals surface area contributed by atoms with Crippen molar-refractivity contribution in [1.29, 1.82) is 0 Å². The van der Waals surface area contributed by atoms with Crippen LogP contribution in [0.25, 0.3) is 0 Å². The number of sulfonamides is 1. The molecule has 0 aliphatic carbocycles. The molecule has 2 aromatic rings. The first kappa shape index (κ1) is 16.7. The van der Waals surface area contributed by atoms with E-state index in [0.29, 0.717) is 15.6 Å². The van der Waals surface area contributed by atoms with Crippen LogP contribution in [0.2, 0.25) is 20.1 Å². The maximum absolute atomic E-state index is 12.2. The highest BCUT2D eigenvalue weighted by molar-refractivity contribution is 7.91. The summed E-state index contributed by atoms with van der Waals surface area (Å²) in [7, 11) is -3.70. The third-order valence-corrected chi connectivity index (χ3v) is 4.89. The van der Waals surface area contributed by atoms with Crippen LogP contribution < -0.4 is 4.72 Å². The highest BCUT2D eigenvalue weighted by Gasteiger charge is 2.17. The van der Waals surface area contributed by atoms with Gasteiger partial charge in [0.05, 0.1) is 11.4 Å². The van der Waals surface area contributed by atoms with E-state index in [9.17, 15) is 8.42 Å². The average Bonchev–Trinajstić information content (AvgIpc) is 2.32. The molecule has 0 atom stereocenters. The van der Waals surface area contributed by atoms with Gasteiger partial charge in [-0.15, -0.1) is 0 Å². The maximum Gasteiger partial charge on any atom is 0.237 e. The molecule has 2 rings (SSSR count). The topological polar surface area (TPSA) is 46.2 Å². The molecule has 0 radical (unpaired) electrons. The second kappa shape index (κ2) is 6.63. The van der Waals surface area contributed by atoms with Crippen molar-refractivity contribution in [3.8, 4) is 0 Å². The van der Waals surface area contributed by atoms with Gasteiger partial charge >= 0.3 is 0 Å². The van der Waals surface area contributed by atoms with Crippen LogP contribution in [0.1, 0.15) is 5.56 Å². The largest absolute Gasteiger partial charge is 0.283 e. The zero-order valence-corrected chi connectivity index (χ0v) is 14.2. The van der Waals surface area contributed by atoms with Gasteiger partial charge in [0, 0.05) is 25.7 Å². The van der Waals surface area contributed by atoms with Crippen LogP contribution in [0, 0.1) is 0 Å². The molecule has 0 amide bonds. The molecule has 3 nitrogen and oxygen atoms in total. The zero-order valence-electron chi connectivity index (χ0n) is 10.4. The highest BCUT2D eigenvalue weighted by atomic mass is 35.5. The number of anilines is 1. The monoisotopic (exact) mass is 383 g/mol. The second-order valence-corrected chi connectivity index (χ2v) is 7.63. The number of hydrogen-bond donors (Lipinski definition) is 1. The summed E-state index contributed by atoms with van der Waals surface area (Å²) in [4.78, 5) is 0. The molecule has 0 heterocycles. The lowest BCUT2D eigenvalue weighted by molar-refractivity contribution is 0.600. The molecule has 1 N–H and O–H groups in total. The fraction of sp³-hybridized carbons (Fsp3) is 0.0769. The van der Waals surface area contributed by atoms with Crippen LogP contribution in [0.3, 0.4) is 0 Å². The average molecular weight is 385 g/mol. The Hall–Kier alpha value is -0.650. The molecule has 0 aromatic heterocycles. The minimum atomic E-state index is -3.70. The van der Waals surface area contributed by atoms with Crippen molar-refractivity contribution in [3.63, 3.8) is 0 Å². The van der Waals surface area contributed by atoms with Crippen molar-refractivity contribution >= 4 is 62.1 Å². The summed E-state index contributed by atoms with van der Waals surface area (Å²) >= 11 is 23.6. The first-order chi connectivity index (χ1) is 9.77. The molecule has 0 aliphatic heterocycles. The van der Waals surface area contributed by atoms with E-state index in [1.165, 1.54) is 18.2 Å². The van der Waals surface area contributed by atoms with Gasteiger partial charge in [-0.05, 0) is 30.3 Å². The molecule has 0 bridgehead atoms. The summed E-state index contributed by atoms with van der Waals surface area (Å²) < 4.78 is 26.8. The van der Waals surface area contributed by atoms with Crippen molar-refractivity contribution in [1.82, 2.24) is 0 Å². The van der Waals surface area contributed by atoms with E-state index in [0.717, 1.165) is 0 Å². The van der Waals surface area contributed by atoms with E-state index in [-0.39, 0.29) is 21.5 Å². The van der Waals surface area contributed by atoms with E-state index in [1.54, 1.807) is 18.2 Å². The summed E-state index contributed by atoms with van der Waals surface area (Å²) in [5.41, 5.74) is 0.608. The first-order valence-corrected chi connectivity index (χ1v) is 8.83. The number of nitrogens with one attached hydrogen (secondary N) is 1. The molecular weight excluding hydrogens is 376 g/mol. The summed E-state index contributed by atoms with van der Waals surface area (Å²) in [5, 5.41) is 1.24. The maximum atomic E-state index is 12.2. The van der Waals surface area contributed by atoms with E-state index in [4.69, 9.17) is 46.4 Å². The van der Waals surface area contributed by atoms with Crippen LogP contribution in [0.5, 0.6) is 0 Å². The standard InChI is InChI=1S/C13H9Cl4NO2S/c14-8-4-9(15)6-10(5-8)18-21(19,20)7-11-12(16)2-1-3-13(11)17/h1-6,18H,7H2. The normalized spacial score (nSPS) is 11.4. The summed E-state index contributed by atoms with van der Waals surface area (Å²) in [6.45, 7) is 0. The van der Waals surface area contributed by atoms with Crippen molar-refractivity contribution in [2.24, 2.45) is 0 Å². The van der Waals surface area contributed by atoms with Crippen LogP contribution in [-0.4, -0.2) is 8.42 Å². The van der Waals surface area contributed by atoms with Crippen LogP contribution in [0.15, 0.2) is 36.4 Å². The van der Waals surface area contributed by atoms with Gasteiger partial charge in [-0.1, -0.05) is 52.5 Å². The van der Waals surface area contributed by atoms with Crippen molar-refractivity contribution in [3.05, 3.63) is 62.1 Å². The molecule has 8 heteroatoms. The molecule has 0 unspecified atom stereocenters. The Morgan fingerprint density at radius 3 is 1.95 bits per heavy atom. The van der Waals surface area contributed by atoms with Gasteiger partial charge in [-0.2, -0.15) is 0 Å². The smallest absolute Gasteiger partial charge is 0.237 e.